The first kappa shape index (κ1) is 22.3. The van der Waals surface area contributed by atoms with E-state index in [1.165, 1.54) is 6.07 Å². The van der Waals surface area contributed by atoms with Crippen molar-refractivity contribution in [1.29, 1.82) is 5.26 Å². The summed E-state index contributed by atoms with van der Waals surface area (Å²) in [6.07, 6.45) is -5.03. The maximum atomic E-state index is 14.6. The summed E-state index contributed by atoms with van der Waals surface area (Å²) < 4.78 is 79.9. The lowest BCUT2D eigenvalue weighted by Crippen LogP contribution is -2.43. The highest BCUT2D eigenvalue weighted by Crippen LogP contribution is 2.30. The zero-order valence-electron chi connectivity index (χ0n) is 15.5. The number of hydrogen-bond acceptors (Lipinski definition) is 5. The summed E-state index contributed by atoms with van der Waals surface area (Å²) in [4.78, 5) is 24.2. The molecule has 0 atom stereocenters. The smallest absolute Gasteiger partial charge is 0.292 e. The van der Waals surface area contributed by atoms with E-state index in [2.05, 4.69) is 0 Å². The number of sulfonamides is 1. The zero-order valence-corrected chi connectivity index (χ0v) is 16.3. The second-order valence-corrected chi connectivity index (χ2v) is 8.27. The van der Waals surface area contributed by atoms with Gasteiger partial charge in [-0.1, -0.05) is 0 Å². The van der Waals surface area contributed by atoms with E-state index in [-0.39, 0.29) is 9.13 Å². The van der Waals surface area contributed by atoms with Crippen LogP contribution in [0.3, 0.4) is 0 Å². The van der Waals surface area contributed by atoms with Gasteiger partial charge in [0.2, 0.25) is 10.0 Å². The Morgan fingerprint density at radius 3 is 2.17 bits per heavy atom. The summed E-state index contributed by atoms with van der Waals surface area (Å²) in [5.41, 5.74) is -6.92. The lowest BCUT2D eigenvalue weighted by Gasteiger charge is -2.18. The predicted molar refractivity (Wildman–Crippen MR) is 92.6 cm³/mol. The third kappa shape index (κ3) is 3.56. The molecule has 0 fully saturated rings. The van der Waals surface area contributed by atoms with Gasteiger partial charge in [0.15, 0.2) is 0 Å². The van der Waals surface area contributed by atoms with E-state index < -0.39 is 60.7 Å². The van der Waals surface area contributed by atoms with Crippen LogP contribution in [-0.2, 0) is 23.2 Å². The lowest BCUT2D eigenvalue weighted by atomic mass is 10.2. The highest BCUT2D eigenvalue weighted by molar-refractivity contribution is 7.89. The van der Waals surface area contributed by atoms with Gasteiger partial charge in [-0.05, 0) is 19.1 Å². The quantitative estimate of drug-likeness (QED) is 0.674. The molecule has 1 aromatic heterocycles. The van der Waals surface area contributed by atoms with Gasteiger partial charge in [-0.2, -0.15) is 18.4 Å². The molecule has 0 radical (unpaired) electrons. The van der Waals surface area contributed by atoms with Crippen LogP contribution in [-0.4, -0.2) is 36.0 Å². The predicted octanol–water partition coefficient (Wildman–Crippen LogP) is 1.12. The first-order chi connectivity index (χ1) is 13.2. The summed E-state index contributed by atoms with van der Waals surface area (Å²) in [5, 5.41) is 9.11. The molecule has 0 bridgehead atoms. The van der Waals surface area contributed by atoms with Gasteiger partial charge in [0.25, 0.3) is 5.56 Å². The molecule has 0 aliphatic carbocycles. The topological polar surface area (TPSA) is 105 Å². The van der Waals surface area contributed by atoms with Crippen molar-refractivity contribution in [2.75, 3.05) is 14.1 Å². The second kappa shape index (κ2) is 7.12. The summed E-state index contributed by atoms with van der Waals surface area (Å²) in [5.74, 6) is -1.34. The summed E-state index contributed by atoms with van der Waals surface area (Å²) in [6.45, 7) is 0.806. The minimum Gasteiger partial charge on any atom is -0.292 e. The van der Waals surface area contributed by atoms with Crippen LogP contribution in [0.5, 0.6) is 0 Å². The Labute approximate surface area is 161 Å². The van der Waals surface area contributed by atoms with Gasteiger partial charge < -0.3 is 0 Å². The largest absolute Gasteiger partial charge is 0.432 e. The molecule has 0 spiro atoms. The Morgan fingerprint density at radius 1 is 1.17 bits per heavy atom. The number of halogens is 4. The number of aromatic nitrogens is 2. The second-order valence-electron chi connectivity index (χ2n) is 6.15. The Hall–Kier alpha value is -2.98. The highest BCUT2D eigenvalue weighted by atomic mass is 32.2. The van der Waals surface area contributed by atoms with Crippen LogP contribution in [0.1, 0.15) is 16.8 Å². The van der Waals surface area contributed by atoms with E-state index in [1.54, 1.807) is 0 Å². The average Bonchev–Trinajstić information content (AvgIpc) is 2.59. The van der Waals surface area contributed by atoms with Crippen molar-refractivity contribution in [3.8, 4) is 11.8 Å². The molecule has 0 N–H and O–H groups in total. The number of hydrogen-bond donors (Lipinski definition) is 0. The van der Waals surface area contributed by atoms with Gasteiger partial charge in [-0.25, -0.2) is 26.5 Å². The van der Waals surface area contributed by atoms with Crippen LogP contribution in [0.2, 0.25) is 0 Å². The Morgan fingerprint density at radius 2 is 1.72 bits per heavy atom. The minimum absolute atomic E-state index is 0.0930. The number of nitrogens with zero attached hydrogens (tertiary/aromatic N) is 4. The Kier molecular flexibility index (Phi) is 5.48. The fourth-order valence-corrected chi connectivity index (χ4v) is 3.72. The minimum atomic E-state index is -5.03. The molecule has 156 valence electrons. The number of alkyl halides is 3. The number of rotatable bonds is 3. The molecule has 2 rings (SSSR count). The molecule has 0 aliphatic rings. The van der Waals surface area contributed by atoms with Crippen LogP contribution in [0.15, 0.2) is 26.6 Å². The standard InChI is InChI=1S/C16H14F4N4O4S/c1-8-13(16(18,19)20)23(4)15(26)24(14(8)25)11-6-12(29(27,28)22(2)3)9(7-21)5-10(11)17/h5-6H,1-4H3. The van der Waals surface area contributed by atoms with Gasteiger partial charge >= 0.3 is 11.9 Å². The van der Waals surface area contributed by atoms with E-state index in [0.29, 0.717) is 16.4 Å². The van der Waals surface area contributed by atoms with Crippen LogP contribution in [0.4, 0.5) is 17.6 Å². The molecule has 0 saturated carbocycles. The Balaban J connectivity index is 3.04. The molecule has 13 heteroatoms. The van der Waals surface area contributed by atoms with Crippen molar-refractivity contribution in [2.45, 2.75) is 18.0 Å². The summed E-state index contributed by atoms with van der Waals surface area (Å²) >= 11 is 0. The van der Waals surface area contributed by atoms with Crippen molar-refractivity contribution in [2.24, 2.45) is 7.05 Å². The highest BCUT2D eigenvalue weighted by Gasteiger charge is 2.38. The third-order valence-electron chi connectivity index (χ3n) is 4.13. The fourth-order valence-electron chi connectivity index (χ4n) is 2.68. The van der Waals surface area contributed by atoms with E-state index in [1.807, 2.05) is 0 Å². The molecular weight excluding hydrogens is 420 g/mol. The molecule has 8 nitrogen and oxygen atoms in total. The van der Waals surface area contributed by atoms with Crippen LogP contribution in [0.25, 0.3) is 5.69 Å². The lowest BCUT2D eigenvalue weighted by molar-refractivity contribution is -0.144. The normalized spacial score (nSPS) is 12.3. The molecule has 0 amide bonds. The van der Waals surface area contributed by atoms with Crippen LogP contribution >= 0.6 is 0 Å². The molecule has 0 unspecified atom stereocenters. The molecule has 2 aromatic rings. The van der Waals surface area contributed by atoms with Gasteiger partial charge in [-0.15, -0.1) is 0 Å². The van der Waals surface area contributed by atoms with Crippen molar-refractivity contribution in [3.05, 3.63) is 55.6 Å². The molecule has 1 heterocycles. The van der Waals surface area contributed by atoms with E-state index in [9.17, 15) is 35.6 Å². The molecule has 0 aliphatic heterocycles. The first-order valence-corrected chi connectivity index (χ1v) is 9.16. The van der Waals surface area contributed by atoms with Gasteiger partial charge in [0, 0.05) is 26.7 Å². The molecule has 1 aromatic carbocycles. The van der Waals surface area contributed by atoms with Gasteiger partial charge in [0.05, 0.1) is 11.3 Å². The third-order valence-corrected chi connectivity index (χ3v) is 5.99. The zero-order chi connectivity index (χ0) is 22.5. The Bertz CT molecular complexity index is 1230. The average molecular weight is 434 g/mol. The maximum Gasteiger partial charge on any atom is 0.432 e. The van der Waals surface area contributed by atoms with Crippen molar-refractivity contribution in [1.82, 2.24) is 13.4 Å². The monoisotopic (exact) mass is 434 g/mol. The fraction of sp³-hybridized carbons (Fsp3) is 0.312. The van der Waals surface area contributed by atoms with Crippen LogP contribution < -0.4 is 11.2 Å². The van der Waals surface area contributed by atoms with E-state index >= 15 is 0 Å². The van der Waals surface area contributed by atoms with E-state index in [4.69, 9.17) is 5.26 Å². The van der Waals surface area contributed by atoms with Crippen LogP contribution in [0, 0.1) is 24.1 Å². The molecule has 0 saturated heterocycles. The number of benzene rings is 1. The summed E-state index contributed by atoms with van der Waals surface area (Å²) in [7, 11) is -1.30. The van der Waals surface area contributed by atoms with Gasteiger partial charge in [0.1, 0.15) is 22.5 Å². The van der Waals surface area contributed by atoms with Crippen molar-refractivity contribution in [3.63, 3.8) is 0 Å². The van der Waals surface area contributed by atoms with Gasteiger partial charge in [-0.3, -0.25) is 9.36 Å². The van der Waals surface area contributed by atoms with Crippen molar-refractivity contribution >= 4 is 10.0 Å². The molecular formula is C16H14F4N4O4S. The molecule has 29 heavy (non-hydrogen) atoms. The van der Waals surface area contributed by atoms with Crippen molar-refractivity contribution < 1.29 is 26.0 Å². The van der Waals surface area contributed by atoms with E-state index in [0.717, 1.165) is 28.1 Å². The summed E-state index contributed by atoms with van der Waals surface area (Å²) in [6, 6.07) is 2.55. The first-order valence-electron chi connectivity index (χ1n) is 7.72. The SMILES string of the molecule is Cc1c(C(F)(F)F)n(C)c(=O)n(-c2cc(S(=O)(=O)N(C)C)c(C#N)cc2F)c1=O. The maximum absolute atomic E-state index is 14.6. The number of nitriles is 1.